The Balaban J connectivity index is 1.51. The highest BCUT2D eigenvalue weighted by atomic mass is 35.5. The van der Waals surface area contributed by atoms with Crippen LogP contribution in [0.1, 0.15) is 42.6 Å². The lowest BCUT2D eigenvalue weighted by atomic mass is 10.1. The van der Waals surface area contributed by atoms with E-state index in [0.717, 1.165) is 47.1 Å². The maximum absolute atomic E-state index is 12.5. The van der Waals surface area contributed by atoms with Crippen molar-refractivity contribution in [1.29, 1.82) is 0 Å². The molecule has 0 aliphatic carbocycles. The minimum Gasteiger partial charge on any atom is -0.460 e. The minimum absolute atomic E-state index is 0.0235. The molecule has 0 spiro atoms. The molecule has 3 heterocycles. The highest BCUT2D eigenvalue weighted by Gasteiger charge is 2.22. The van der Waals surface area contributed by atoms with Gasteiger partial charge in [0.15, 0.2) is 0 Å². The van der Waals surface area contributed by atoms with Crippen LogP contribution in [0.5, 0.6) is 0 Å². The number of nitrogens with zero attached hydrogens (tertiary/aromatic N) is 2. The quantitative estimate of drug-likeness (QED) is 0.726. The highest BCUT2D eigenvalue weighted by molar-refractivity contribution is 6.33. The molecular formula is C21H22ClN3O2. The van der Waals surface area contributed by atoms with Gasteiger partial charge in [0.05, 0.1) is 22.8 Å². The van der Waals surface area contributed by atoms with Gasteiger partial charge in [-0.15, -0.1) is 0 Å². The van der Waals surface area contributed by atoms with Crippen molar-refractivity contribution in [1.82, 2.24) is 14.9 Å². The van der Waals surface area contributed by atoms with E-state index in [4.69, 9.17) is 16.0 Å². The summed E-state index contributed by atoms with van der Waals surface area (Å²) < 4.78 is 5.99. The largest absolute Gasteiger partial charge is 0.460 e. The third-order valence-electron chi connectivity index (χ3n) is 4.89. The molecule has 0 unspecified atom stereocenters. The first kappa shape index (κ1) is 18.0. The molecule has 3 aromatic rings. The van der Waals surface area contributed by atoms with Crippen LogP contribution in [0.3, 0.4) is 0 Å². The van der Waals surface area contributed by atoms with Crippen LogP contribution in [0.25, 0.3) is 11.3 Å². The summed E-state index contributed by atoms with van der Waals surface area (Å²) in [5.74, 6) is 2.60. The number of hydrogen-bond acceptors (Lipinski definition) is 4. The van der Waals surface area contributed by atoms with E-state index in [0.29, 0.717) is 18.1 Å². The zero-order valence-corrected chi connectivity index (χ0v) is 16.2. The van der Waals surface area contributed by atoms with Gasteiger partial charge in [-0.3, -0.25) is 9.69 Å². The van der Waals surface area contributed by atoms with Crippen LogP contribution in [0.2, 0.25) is 5.02 Å². The van der Waals surface area contributed by atoms with Crippen LogP contribution in [0.15, 0.2) is 45.6 Å². The van der Waals surface area contributed by atoms with Crippen molar-refractivity contribution in [2.75, 3.05) is 6.54 Å². The van der Waals surface area contributed by atoms with Gasteiger partial charge < -0.3 is 9.40 Å². The Hall–Kier alpha value is -2.37. The number of furan rings is 1. The summed E-state index contributed by atoms with van der Waals surface area (Å²) in [4.78, 5) is 22.2. The molecule has 1 aromatic carbocycles. The van der Waals surface area contributed by atoms with E-state index in [2.05, 4.69) is 14.9 Å². The number of rotatable bonds is 4. The lowest BCUT2D eigenvalue weighted by Crippen LogP contribution is -2.35. The first-order valence-electron chi connectivity index (χ1n) is 9.19. The molecule has 5 nitrogen and oxygen atoms in total. The van der Waals surface area contributed by atoms with Crippen LogP contribution in [-0.4, -0.2) is 21.4 Å². The summed E-state index contributed by atoms with van der Waals surface area (Å²) in [5, 5.41) is 0.670. The fraction of sp³-hybridized carbons (Fsp3) is 0.333. The minimum atomic E-state index is -0.0235. The van der Waals surface area contributed by atoms with Crippen molar-refractivity contribution in [3.8, 4) is 11.3 Å². The summed E-state index contributed by atoms with van der Waals surface area (Å²) in [5.41, 5.74) is 2.55. The first-order chi connectivity index (χ1) is 13.0. The molecule has 6 heteroatoms. The van der Waals surface area contributed by atoms with E-state index in [1.54, 1.807) is 0 Å². The zero-order chi connectivity index (χ0) is 19.0. The van der Waals surface area contributed by atoms with E-state index in [9.17, 15) is 4.79 Å². The summed E-state index contributed by atoms with van der Waals surface area (Å²) in [6.07, 6.45) is 0.775. The van der Waals surface area contributed by atoms with Crippen molar-refractivity contribution in [3.63, 3.8) is 0 Å². The molecule has 1 aliphatic rings. The number of fused-ring (bicyclic) bond motifs is 1. The lowest BCUT2D eigenvalue weighted by Gasteiger charge is -2.27. The SMILES string of the molecule is CC(C)c1nc2c(c(=O)[nH]1)CN(Cc1ccc(-c3ccccc3Cl)o1)CC2. The monoisotopic (exact) mass is 383 g/mol. The molecule has 0 saturated carbocycles. The van der Waals surface area contributed by atoms with E-state index in [-0.39, 0.29) is 11.5 Å². The standard InChI is InChI=1S/C21H22ClN3O2/c1-13(2)20-23-18-9-10-25(12-16(18)21(26)24-20)11-14-7-8-19(27-14)15-5-3-4-6-17(15)22/h3-8,13H,9-12H2,1-2H3,(H,23,24,26). The van der Waals surface area contributed by atoms with Gasteiger partial charge in [-0.05, 0) is 24.3 Å². The Kier molecular flexibility index (Phi) is 4.89. The summed E-state index contributed by atoms with van der Waals surface area (Å²) in [7, 11) is 0. The number of halogens is 1. The number of nitrogens with one attached hydrogen (secondary N) is 1. The molecule has 1 aliphatic heterocycles. The average molecular weight is 384 g/mol. The molecular weight excluding hydrogens is 362 g/mol. The fourth-order valence-corrected chi connectivity index (χ4v) is 3.63. The Morgan fingerprint density at radius 2 is 2.07 bits per heavy atom. The van der Waals surface area contributed by atoms with Gasteiger partial charge in [0, 0.05) is 31.0 Å². The maximum Gasteiger partial charge on any atom is 0.255 e. The van der Waals surface area contributed by atoms with Crippen LogP contribution < -0.4 is 5.56 Å². The molecule has 0 saturated heterocycles. The summed E-state index contributed by atoms with van der Waals surface area (Å²) in [6.45, 7) is 6.15. The fourth-order valence-electron chi connectivity index (χ4n) is 3.40. The smallest absolute Gasteiger partial charge is 0.255 e. The normalized spacial score (nSPS) is 14.5. The maximum atomic E-state index is 12.5. The van der Waals surface area contributed by atoms with Crippen LogP contribution >= 0.6 is 11.6 Å². The van der Waals surface area contributed by atoms with Crippen molar-refractivity contribution < 1.29 is 4.42 Å². The molecule has 0 amide bonds. The molecule has 0 atom stereocenters. The third-order valence-corrected chi connectivity index (χ3v) is 5.22. The third kappa shape index (κ3) is 3.70. The zero-order valence-electron chi connectivity index (χ0n) is 15.5. The molecule has 1 N–H and O–H groups in total. The summed E-state index contributed by atoms with van der Waals surface area (Å²) >= 11 is 6.25. The number of benzene rings is 1. The predicted molar refractivity (Wildman–Crippen MR) is 106 cm³/mol. The topological polar surface area (TPSA) is 62.1 Å². The molecule has 140 valence electrons. The molecule has 4 rings (SSSR count). The first-order valence-corrected chi connectivity index (χ1v) is 9.57. The number of H-pyrrole nitrogens is 1. The van der Waals surface area contributed by atoms with Crippen LogP contribution in [-0.2, 0) is 19.5 Å². The Bertz CT molecular complexity index is 1020. The van der Waals surface area contributed by atoms with Crippen molar-refractivity contribution >= 4 is 11.6 Å². The molecule has 0 radical (unpaired) electrons. The van der Waals surface area contributed by atoms with Crippen molar-refractivity contribution in [2.45, 2.75) is 39.3 Å². The second-order valence-corrected chi connectivity index (χ2v) is 7.64. The Labute approximate surface area is 163 Å². The Morgan fingerprint density at radius 1 is 1.26 bits per heavy atom. The lowest BCUT2D eigenvalue weighted by molar-refractivity contribution is 0.223. The van der Waals surface area contributed by atoms with E-state index < -0.39 is 0 Å². The van der Waals surface area contributed by atoms with Gasteiger partial charge in [0.25, 0.3) is 5.56 Å². The number of hydrogen-bond donors (Lipinski definition) is 1. The summed E-state index contributed by atoms with van der Waals surface area (Å²) in [6, 6.07) is 11.5. The molecule has 0 bridgehead atoms. The highest BCUT2D eigenvalue weighted by Crippen LogP contribution is 2.29. The van der Waals surface area contributed by atoms with E-state index in [1.165, 1.54) is 0 Å². The molecule has 2 aromatic heterocycles. The van der Waals surface area contributed by atoms with Gasteiger partial charge >= 0.3 is 0 Å². The average Bonchev–Trinajstić information content (AvgIpc) is 3.10. The van der Waals surface area contributed by atoms with Crippen LogP contribution in [0, 0.1) is 0 Å². The van der Waals surface area contributed by atoms with E-state index >= 15 is 0 Å². The number of aromatic nitrogens is 2. The van der Waals surface area contributed by atoms with Crippen molar-refractivity contribution in [2.24, 2.45) is 0 Å². The van der Waals surface area contributed by atoms with Gasteiger partial charge in [-0.25, -0.2) is 4.98 Å². The van der Waals surface area contributed by atoms with Gasteiger partial charge in [-0.1, -0.05) is 37.6 Å². The Morgan fingerprint density at radius 3 is 2.85 bits per heavy atom. The number of aromatic amines is 1. The van der Waals surface area contributed by atoms with Gasteiger partial charge in [0.1, 0.15) is 17.3 Å². The predicted octanol–water partition coefficient (Wildman–Crippen LogP) is 4.37. The second-order valence-electron chi connectivity index (χ2n) is 7.24. The molecule has 27 heavy (non-hydrogen) atoms. The van der Waals surface area contributed by atoms with E-state index in [1.807, 2.05) is 50.2 Å². The van der Waals surface area contributed by atoms with Gasteiger partial charge in [0.2, 0.25) is 0 Å². The second kappa shape index (κ2) is 7.33. The van der Waals surface area contributed by atoms with Crippen LogP contribution in [0.4, 0.5) is 0 Å². The van der Waals surface area contributed by atoms with Crippen molar-refractivity contribution in [3.05, 3.63) is 74.6 Å². The molecule has 0 fully saturated rings. The van der Waals surface area contributed by atoms with Gasteiger partial charge in [-0.2, -0.15) is 0 Å².